The fraction of sp³-hybridized carbons (Fsp3) is 0.444. The maximum absolute atomic E-state index is 13.5. The number of piperidine rings is 2. The number of imide groups is 2. The van der Waals surface area contributed by atoms with Gasteiger partial charge in [0.05, 0.1) is 57.3 Å². The van der Waals surface area contributed by atoms with E-state index in [9.17, 15) is 33.6 Å². The number of hydrogen-bond donors (Lipinski definition) is 2. The van der Waals surface area contributed by atoms with E-state index in [1.807, 2.05) is 54.2 Å². The molecule has 17 nitrogen and oxygen atoms in total. The van der Waals surface area contributed by atoms with Crippen LogP contribution in [-0.4, -0.2) is 121 Å². The topological polar surface area (TPSA) is 197 Å². The van der Waals surface area contributed by atoms with Crippen molar-refractivity contribution in [3.8, 4) is 22.6 Å². The molecule has 0 unspecified atom stereocenters. The zero-order chi connectivity index (χ0) is 44.3. The zero-order valence-corrected chi connectivity index (χ0v) is 35.7. The summed E-state index contributed by atoms with van der Waals surface area (Å²) in [7, 11) is 8.62. The van der Waals surface area contributed by atoms with E-state index in [2.05, 4.69) is 10.6 Å². The molecule has 1 saturated carbocycles. The lowest BCUT2D eigenvalue weighted by Gasteiger charge is -2.52. The molecular formula is C45H52N6O11. The van der Waals surface area contributed by atoms with Gasteiger partial charge in [-0.1, -0.05) is 12.1 Å². The fourth-order valence-electron chi connectivity index (χ4n) is 8.72. The summed E-state index contributed by atoms with van der Waals surface area (Å²) in [5, 5.41) is 5.89. The molecule has 0 radical (unpaired) electrons. The Bertz CT molecular complexity index is 2480. The standard InChI is InChI=1S/C45H52N6O11/c1-48(25-34-35(59-4)20-28(21-36(34)60-5)33-26-50(3)43(57)39-31(33)13-15-49(39)2)24-30(52)9-7-16-61-18-19-62-17-14-46-37(53)12-11-27-8-6-10-32-38(27)42(56)51(41(32)55)45-22-29(23-45)40(54)47-44(45)58/h6,8,10,13,15,20-21,26,29H,7,9,11-12,14,16-19,22-25H2,1-5H3,(H,46,53)(H,47,54,58). The number of hydrogen-bond acceptors (Lipinski definition) is 12. The van der Waals surface area contributed by atoms with Crippen molar-refractivity contribution in [2.24, 2.45) is 20.0 Å². The van der Waals surface area contributed by atoms with Crippen molar-refractivity contribution in [3.63, 3.8) is 0 Å². The van der Waals surface area contributed by atoms with Gasteiger partial charge >= 0.3 is 0 Å². The monoisotopic (exact) mass is 852 g/mol. The van der Waals surface area contributed by atoms with Gasteiger partial charge in [-0.05, 0) is 68.1 Å². The minimum atomic E-state index is -1.35. The summed E-state index contributed by atoms with van der Waals surface area (Å²) >= 11 is 0. The van der Waals surface area contributed by atoms with Gasteiger partial charge in [0.25, 0.3) is 23.3 Å². The molecular weight excluding hydrogens is 801 g/mol. The van der Waals surface area contributed by atoms with E-state index < -0.39 is 29.2 Å². The van der Waals surface area contributed by atoms with Crippen LogP contribution >= 0.6 is 0 Å². The van der Waals surface area contributed by atoms with Crippen LogP contribution in [0, 0.1) is 5.92 Å². The first-order valence-corrected chi connectivity index (χ1v) is 20.7. The number of likely N-dealkylation sites (N-methyl/N-ethyl adjacent to an activating group) is 1. The second-order valence-corrected chi connectivity index (χ2v) is 16.1. The molecule has 2 N–H and O–H groups in total. The largest absolute Gasteiger partial charge is 0.496 e. The number of fused-ring (bicyclic) bond motifs is 4. The Morgan fingerprint density at radius 3 is 2.29 bits per heavy atom. The number of nitrogens with one attached hydrogen (secondary N) is 2. The molecule has 0 spiro atoms. The van der Waals surface area contributed by atoms with Gasteiger partial charge in [-0.2, -0.15) is 0 Å². The molecule has 4 aromatic rings. The highest BCUT2D eigenvalue weighted by Gasteiger charge is 2.65. The lowest BCUT2D eigenvalue weighted by Crippen LogP contribution is -2.74. The number of aromatic nitrogens is 2. The third-order valence-electron chi connectivity index (χ3n) is 11.9. The number of methoxy groups -OCH3 is 2. The number of nitrogens with zero attached hydrogens (tertiary/aromatic N) is 4. The highest BCUT2D eigenvalue weighted by molar-refractivity contribution is 6.25. The summed E-state index contributed by atoms with van der Waals surface area (Å²) in [6, 6.07) is 10.7. The smallest absolute Gasteiger partial charge is 0.274 e. The predicted octanol–water partition coefficient (Wildman–Crippen LogP) is 2.53. The van der Waals surface area contributed by atoms with Crippen molar-refractivity contribution in [3.05, 3.63) is 81.4 Å². The molecule has 328 valence electrons. The quantitative estimate of drug-likeness (QED) is 0.0920. The van der Waals surface area contributed by atoms with Gasteiger partial charge in [0, 0.05) is 75.9 Å². The van der Waals surface area contributed by atoms with Crippen LogP contribution in [0.5, 0.6) is 11.5 Å². The SMILES string of the molecule is COc1cc(-c2cn(C)c(=O)c3c2ccn3C)cc(OC)c1CN(C)CC(=O)CCCOCCOCCNC(=O)CCc1cccc2c1C(=O)N(C13CC(C1)C(=O)NC3=O)C2=O. The lowest BCUT2D eigenvalue weighted by atomic mass is 9.63. The molecule has 8 rings (SSSR count). The van der Waals surface area contributed by atoms with Crippen molar-refractivity contribution >= 4 is 46.2 Å². The van der Waals surface area contributed by atoms with Gasteiger partial charge in [0.1, 0.15) is 28.3 Å². The Morgan fingerprint density at radius 1 is 0.887 bits per heavy atom. The summed E-state index contributed by atoms with van der Waals surface area (Å²) in [5.74, 6) is -1.52. The molecule has 2 saturated heterocycles. The minimum absolute atomic E-state index is 0.0661. The number of ketones is 1. The molecule has 2 aromatic carbocycles. The van der Waals surface area contributed by atoms with Crippen LogP contribution in [0.2, 0.25) is 0 Å². The Morgan fingerprint density at radius 2 is 1.60 bits per heavy atom. The summed E-state index contributed by atoms with van der Waals surface area (Å²) in [4.78, 5) is 92.6. The van der Waals surface area contributed by atoms with Gasteiger partial charge in [0.15, 0.2) is 0 Å². The summed E-state index contributed by atoms with van der Waals surface area (Å²) in [6.07, 6.45) is 5.12. The third kappa shape index (κ3) is 8.52. The van der Waals surface area contributed by atoms with Crippen LogP contribution in [0.25, 0.3) is 22.0 Å². The Hall–Kier alpha value is -6.17. The van der Waals surface area contributed by atoms with Crippen molar-refractivity contribution < 1.29 is 47.7 Å². The van der Waals surface area contributed by atoms with Crippen LogP contribution in [0.15, 0.2) is 53.6 Å². The Balaban J connectivity index is 0.775. The highest BCUT2D eigenvalue weighted by atomic mass is 16.5. The van der Waals surface area contributed by atoms with Crippen molar-refractivity contribution in [2.45, 2.75) is 50.6 Å². The van der Waals surface area contributed by atoms with Gasteiger partial charge < -0.3 is 33.4 Å². The van der Waals surface area contributed by atoms with Gasteiger partial charge in [0.2, 0.25) is 11.8 Å². The van der Waals surface area contributed by atoms with E-state index in [1.165, 1.54) is 6.07 Å². The second-order valence-electron chi connectivity index (χ2n) is 16.1. The molecule has 5 heterocycles. The van der Waals surface area contributed by atoms with Crippen LogP contribution in [0.3, 0.4) is 0 Å². The third-order valence-corrected chi connectivity index (χ3v) is 11.9. The number of benzene rings is 2. The minimum Gasteiger partial charge on any atom is -0.496 e. The second kappa shape index (κ2) is 18.4. The number of carbonyl (C=O) groups excluding carboxylic acids is 6. The van der Waals surface area contributed by atoms with E-state index in [0.717, 1.165) is 27.0 Å². The molecule has 3 aliphatic heterocycles. The van der Waals surface area contributed by atoms with E-state index >= 15 is 0 Å². The normalized spacial score (nSPS) is 18.0. The number of ether oxygens (including phenoxy) is 4. The van der Waals surface area contributed by atoms with E-state index in [0.29, 0.717) is 61.8 Å². The van der Waals surface area contributed by atoms with E-state index in [1.54, 1.807) is 38.0 Å². The maximum Gasteiger partial charge on any atom is 0.274 e. The lowest BCUT2D eigenvalue weighted by molar-refractivity contribution is -0.158. The van der Waals surface area contributed by atoms with Gasteiger partial charge in [-0.3, -0.25) is 48.7 Å². The molecule has 2 aromatic heterocycles. The molecule has 2 bridgehead atoms. The van der Waals surface area contributed by atoms with Crippen LogP contribution in [-0.2, 0) is 55.7 Å². The van der Waals surface area contributed by atoms with Crippen molar-refractivity contribution in [2.75, 3.05) is 60.8 Å². The van der Waals surface area contributed by atoms with E-state index in [-0.39, 0.29) is 79.7 Å². The molecule has 5 amide bonds. The van der Waals surface area contributed by atoms with Crippen molar-refractivity contribution in [1.82, 2.24) is 29.6 Å². The Kier molecular flexibility index (Phi) is 13.1. The average Bonchev–Trinajstić information content (AvgIpc) is 3.74. The van der Waals surface area contributed by atoms with Crippen LogP contribution in [0.1, 0.15) is 63.9 Å². The van der Waals surface area contributed by atoms with Crippen molar-refractivity contribution in [1.29, 1.82) is 0 Å². The molecule has 62 heavy (non-hydrogen) atoms. The molecule has 0 atom stereocenters. The van der Waals surface area contributed by atoms with Gasteiger partial charge in [-0.15, -0.1) is 0 Å². The summed E-state index contributed by atoms with van der Waals surface area (Å²) < 4.78 is 26.2. The number of pyridine rings is 1. The average molecular weight is 853 g/mol. The van der Waals surface area contributed by atoms with Gasteiger partial charge in [-0.25, -0.2) is 0 Å². The fourth-order valence-corrected chi connectivity index (χ4v) is 8.72. The van der Waals surface area contributed by atoms with Crippen LogP contribution in [0.4, 0.5) is 0 Å². The highest BCUT2D eigenvalue weighted by Crippen LogP contribution is 2.49. The number of rotatable bonds is 21. The first kappa shape index (κ1) is 43.9. The zero-order valence-electron chi connectivity index (χ0n) is 35.7. The maximum atomic E-state index is 13.5. The molecule has 17 heteroatoms. The first-order valence-electron chi connectivity index (χ1n) is 20.7. The molecule has 1 aliphatic carbocycles. The molecule has 3 fully saturated rings. The summed E-state index contributed by atoms with van der Waals surface area (Å²) in [5.41, 5.74) is 2.61. The number of amides is 5. The Labute approximate surface area is 358 Å². The van der Waals surface area contributed by atoms with Crippen LogP contribution < -0.4 is 25.7 Å². The first-order chi connectivity index (χ1) is 29.8. The number of aryl methyl sites for hydroxylation is 3. The summed E-state index contributed by atoms with van der Waals surface area (Å²) in [6.45, 7) is 2.20. The molecule has 4 aliphatic rings. The van der Waals surface area contributed by atoms with E-state index in [4.69, 9.17) is 18.9 Å². The number of Topliss-reactive ketones (excluding diaryl/α,β-unsaturated/α-hetero) is 1. The number of carbonyl (C=O) groups is 6. The predicted molar refractivity (Wildman–Crippen MR) is 226 cm³/mol.